The van der Waals surface area contributed by atoms with Crippen molar-refractivity contribution in [3.05, 3.63) is 22.7 Å². The first-order valence-electron chi connectivity index (χ1n) is 5.75. The number of aryl methyl sites for hydroxylation is 1. The van der Waals surface area contributed by atoms with Gasteiger partial charge in [0.1, 0.15) is 5.69 Å². The number of hydrogen-bond acceptors (Lipinski definition) is 4. The van der Waals surface area contributed by atoms with Gasteiger partial charge < -0.3 is 10.4 Å². The maximum atomic E-state index is 12.0. The molecule has 2 N–H and O–H groups in total. The number of carbonyl (C=O) groups is 2. The fourth-order valence-corrected chi connectivity index (χ4v) is 1.73. The van der Waals surface area contributed by atoms with Gasteiger partial charge in [-0.3, -0.25) is 9.59 Å². The third kappa shape index (κ3) is 5.21. The molecule has 0 saturated carbocycles. The molecular formula is C12H16ClN3O3. The van der Waals surface area contributed by atoms with Crippen molar-refractivity contribution in [3.8, 4) is 0 Å². The Balaban J connectivity index is 2.75. The molecule has 104 valence electrons. The van der Waals surface area contributed by atoms with Crippen molar-refractivity contribution in [2.24, 2.45) is 0 Å². The minimum atomic E-state index is -0.900. The van der Waals surface area contributed by atoms with Gasteiger partial charge in [0.25, 0.3) is 5.91 Å². The van der Waals surface area contributed by atoms with E-state index in [0.717, 1.165) is 0 Å². The number of amides is 1. The third-order valence-electron chi connectivity index (χ3n) is 2.48. The number of halogens is 1. The molecule has 1 amide bonds. The number of carboxylic acid groups (broad SMARTS) is 1. The second-order valence-corrected chi connectivity index (χ2v) is 5.23. The predicted molar refractivity (Wildman–Crippen MR) is 70.2 cm³/mol. The van der Waals surface area contributed by atoms with Crippen LogP contribution in [0.3, 0.4) is 0 Å². The summed E-state index contributed by atoms with van der Waals surface area (Å²) in [5.41, 5.74) is 0.121. The van der Waals surface area contributed by atoms with Crippen LogP contribution in [0.5, 0.6) is 0 Å². The number of carboxylic acids is 1. The summed E-state index contributed by atoms with van der Waals surface area (Å²) in [6.45, 7) is 5.22. The van der Waals surface area contributed by atoms with Crippen LogP contribution in [0.25, 0.3) is 0 Å². The predicted octanol–water partition coefficient (Wildman–Crippen LogP) is 1.81. The summed E-state index contributed by atoms with van der Waals surface area (Å²) in [7, 11) is 0. The van der Waals surface area contributed by atoms with Gasteiger partial charge in [-0.1, -0.05) is 0 Å². The molecule has 0 aliphatic heterocycles. The number of aromatic nitrogens is 2. The molecule has 6 nitrogen and oxygen atoms in total. The highest BCUT2D eigenvalue weighted by Gasteiger charge is 2.23. The van der Waals surface area contributed by atoms with Crippen molar-refractivity contribution in [2.45, 2.75) is 39.2 Å². The average Bonchev–Trinajstić information content (AvgIpc) is 2.24. The van der Waals surface area contributed by atoms with E-state index < -0.39 is 17.4 Å². The van der Waals surface area contributed by atoms with Crippen LogP contribution < -0.4 is 5.32 Å². The Bertz CT molecular complexity index is 483. The number of rotatable bonds is 5. The zero-order valence-electron chi connectivity index (χ0n) is 11.0. The summed E-state index contributed by atoms with van der Waals surface area (Å²) in [5.74, 6) is -1.30. The smallest absolute Gasteiger partial charge is 0.303 e. The van der Waals surface area contributed by atoms with Crippen LogP contribution in [0.15, 0.2) is 6.07 Å². The van der Waals surface area contributed by atoms with E-state index in [1.54, 1.807) is 20.8 Å². The average molecular weight is 286 g/mol. The van der Waals surface area contributed by atoms with Crippen molar-refractivity contribution in [2.75, 3.05) is 0 Å². The molecule has 1 rings (SSSR count). The molecule has 0 saturated heterocycles. The lowest BCUT2D eigenvalue weighted by Crippen LogP contribution is -2.44. The summed E-state index contributed by atoms with van der Waals surface area (Å²) in [4.78, 5) is 30.3. The van der Waals surface area contributed by atoms with Crippen LogP contribution >= 0.6 is 11.6 Å². The van der Waals surface area contributed by atoms with E-state index in [4.69, 9.17) is 16.7 Å². The zero-order valence-corrected chi connectivity index (χ0v) is 11.8. The molecule has 1 aromatic heterocycles. The van der Waals surface area contributed by atoms with Crippen molar-refractivity contribution >= 4 is 23.5 Å². The first-order valence-corrected chi connectivity index (χ1v) is 6.13. The van der Waals surface area contributed by atoms with Gasteiger partial charge in [0, 0.05) is 17.7 Å². The van der Waals surface area contributed by atoms with Gasteiger partial charge in [0.05, 0.1) is 0 Å². The molecule has 7 heteroatoms. The van der Waals surface area contributed by atoms with Crippen molar-refractivity contribution < 1.29 is 14.7 Å². The molecule has 0 spiro atoms. The van der Waals surface area contributed by atoms with Crippen LogP contribution in [0.2, 0.25) is 5.28 Å². The molecule has 0 unspecified atom stereocenters. The van der Waals surface area contributed by atoms with E-state index >= 15 is 0 Å². The molecule has 19 heavy (non-hydrogen) atoms. The first-order chi connectivity index (χ1) is 8.69. The Hall–Kier alpha value is -1.69. The molecule has 0 radical (unpaired) electrons. The standard InChI is InChI=1S/C12H16ClN3O3/c1-7-6-8(15-11(13)14-7)10(19)16-12(2,3)5-4-9(17)18/h6H,4-5H2,1-3H3,(H,16,19)(H,17,18). The van der Waals surface area contributed by atoms with Gasteiger partial charge in [0.2, 0.25) is 5.28 Å². The summed E-state index contributed by atoms with van der Waals surface area (Å²) >= 11 is 5.69. The number of aliphatic carboxylic acids is 1. The second kappa shape index (κ2) is 5.97. The van der Waals surface area contributed by atoms with Gasteiger partial charge in [-0.05, 0) is 44.9 Å². The maximum absolute atomic E-state index is 12.0. The van der Waals surface area contributed by atoms with Crippen molar-refractivity contribution in [1.29, 1.82) is 0 Å². The Morgan fingerprint density at radius 2 is 2.05 bits per heavy atom. The van der Waals surface area contributed by atoms with E-state index in [0.29, 0.717) is 12.1 Å². The van der Waals surface area contributed by atoms with Crippen LogP contribution in [0, 0.1) is 6.92 Å². The molecule has 0 fully saturated rings. The normalized spacial score (nSPS) is 11.2. The lowest BCUT2D eigenvalue weighted by molar-refractivity contribution is -0.137. The second-order valence-electron chi connectivity index (χ2n) is 4.90. The SMILES string of the molecule is Cc1cc(C(=O)NC(C)(C)CCC(=O)O)nc(Cl)n1. The first kappa shape index (κ1) is 15.4. The quantitative estimate of drug-likeness (QED) is 0.805. The zero-order chi connectivity index (χ0) is 14.6. The van der Waals surface area contributed by atoms with Crippen molar-refractivity contribution in [3.63, 3.8) is 0 Å². The van der Waals surface area contributed by atoms with Crippen LogP contribution in [0.4, 0.5) is 0 Å². The van der Waals surface area contributed by atoms with E-state index in [1.165, 1.54) is 6.07 Å². The molecule has 0 aliphatic carbocycles. The van der Waals surface area contributed by atoms with E-state index in [-0.39, 0.29) is 17.4 Å². The lowest BCUT2D eigenvalue weighted by atomic mass is 9.98. The summed E-state index contributed by atoms with van der Waals surface area (Å²) < 4.78 is 0. The third-order valence-corrected chi connectivity index (χ3v) is 2.64. The summed E-state index contributed by atoms with van der Waals surface area (Å²) in [5, 5.41) is 11.4. The van der Waals surface area contributed by atoms with Gasteiger partial charge in [0.15, 0.2) is 0 Å². The molecule has 0 aromatic carbocycles. The fourth-order valence-electron chi connectivity index (χ4n) is 1.50. The highest BCUT2D eigenvalue weighted by Crippen LogP contribution is 2.13. The van der Waals surface area contributed by atoms with E-state index in [1.807, 2.05) is 0 Å². The Labute approximate surface area is 116 Å². The highest BCUT2D eigenvalue weighted by atomic mass is 35.5. The largest absolute Gasteiger partial charge is 0.481 e. The van der Waals surface area contributed by atoms with E-state index in [9.17, 15) is 9.59 Å². The molecular weight excluding hydrogens is 270 g/mol. The number of hydrogen-bond donors (Lipinski definition) is 2. The van der Waals surface area contributed by atoms with Crippen LogP contribution in [-0.4, -0.2) is 32.5 Å². The highest BCUT2D eigenvalue weighted by molar-refractivity contribution is 6.28. The number of nitrogens with one attached hydrogen (secondary N) is 1. The summed E-state index contributed by atoms with van der Waals surface area (Å²) in [6, 6.07) is 1.52. The number of carbonyl (C=O) groups excluding carboxylic acids is 1. The summed E-state index contributed by atoms with van der Waals surface area (Å²) in [6.07, 6.45) is 0.308. The minimum absolute atomic E-state index is 0.00786. The molecule has 0 atom stereocenters. The lowest BCUT2D eigenvalue weighted by Gasteiger charge is -2.25. The topological polar surface area (TPSA) is 92.2 Å². The Morgan fingerprint density at radius 1 is 1.42 bits per heavy atom. The molecule has 0 bridgehead atoms. The maximum Gasteiger partial charge on any atom is 0.303 e. The van der Waals surface area contributed by atoms with Crippen molar-refractivity contribution in [1.82, 2.24) is 15.3 Å². The fraction of sp³-hybridized carbons (Fsp3) is 0.500. The van der Waals surface area contributed by atoms with Gasteiger partial charge in [-0.2, -0.15) is 0 Å². The molecule has 0 aliphatic rings. The van der Waals surface area contributed by atoms with Crippen LogP contribution in [-0.2, 0) is 4.79 Å². The Morgan fingerprint density at radius 3 is 2.58 bits per heavy atom. The molecule has 1 heterocycles. The van der Waals surface area contributed by atoms with Gasteiger partial charge in [-0.15, -0.1) is 0 Å². The van der Waals surface area contributed by atoms with E-state index in [2.05, 4.69) is 15.3 Å². The van der Waals surface area contributed by atoms with Crippen LogP contribution in [0.1, 0.15) is 42.9 Å². The molecule has 1 aromatic rings. The number of nitrogens with zero attached hydrogens (tertiary/aromatic N) is 2. The Kier molecular flexibility index (Phi) is 4.83. The monoisotopic (exact) mass is 285 g/mol. The van der Waals surface area contributed by atoms with Gasteiger partial charge in [-0.25, -0.2) is 9.97 Å². The van der Waals surface area contributed by atoms with Gasteiger partial charge >= 0.3 is 5.97 Å². The minimum Gasteiger partial charge on any atom is -0.481 e.